The summed E-state index contributed by atoms with van der Waals surface area (Å²) < 4.78 is 5.38. The number of ether oxygens (including phenoxy) is 1. The molecule has 2 atom stereocenters. The van der Waals surface area contributed by atoms with Gasteiger partial charge in [-0.25, -0.2) is 0 Å². The van der Waals surface area contributed by atoms with E-state index in [1.165, 1.54) is 6.42 Å². The molecule has 16 heavy (non-hydrogen) atoms. The van der Waals surface area contributed by atoms with Crippen LogP contribution in [-0.4, -0.2) is 23.8 Å². The van der Waals surface area contributed by atoms with Crippen molar-refractivity contribution in [2.45, 2.75) is 58.0 Å². The Morgan fingerprint density at radius 2 is 2.00 bits per heavy atom. The normalized spacial score (nSPS) is 26.7. The van der Waals surface area contributed by atoms with Gasteiger partial charge in [-0.05, 0) is 45.4 Å². The van der Waals surface area contributed by atoms with Crippen molar-refractivity contribution >= 4 is 5.97 Å². The Morgan fingerprint density at radius 3 is 2.56 bits per heavy atom. The van der Waals surface area contributed by atoms with Gasteiger partial charge in [-0.1, -0.05) is 12.8 Å². The summed E-state index contributed by atoms with van der Waals surface area (Å²) in [7, 11) is 1.72. The van der Waals surface area contributed by atoms with E-state index in [1.807, 2.05) is 0 Å². The molecule has 94 valence electrons. The number of methoxy groups -OCH3 is 1. The summed E-state index contributed by atoms with van der Waals surface area (Å²) in [5.74, 6) is -0.387. The highest BCUT2D eigenvalue weighted by Crippen LogP contribution is 2.35. The fraction of sp³-hybridized carbons (Fsp3) is 0.923. The Balaban J connectivity index is 2.47. The lowest BCUT2D eigenvalue weighted by atomic mass is 9.76. The molecule has 2 unspecified atom stereocenters. The molecule has 3 nitrogen and oxygen atoms in total. The van der Waals surface area contributed by atoms with Gasteiger partial charge in [0.1, 0.15) is 0 Å². The summed E-state index contributed by atoms with van der Waals surface area (Å²) in [5.41, 5.74) is -0.125. The van der Waals surface area contributed by atoms with Crippen molar-refractivity contribution in [3.05, 3.63) is 0 Å². The lowest BCUT2D eigenvalue weighted by molar-refractivity contribution is -0.145. The highest BCUT2D eigenvalue weighted by molar-refractivity contribution is 5.70. The molecule has 0 aromatic rings. The second-order valence-electron chi connectivity index (χ2n) is 5.49. The van der Waals surface area contributed by atoms with Crippen LogP contribution in [0.15, 0.2) is 0 Å². The molecule has 1 aliphatic carbocycles. The summed E-state index contributed by atoms with van der Waals surface area (Å²) in [4.78, 5) is 11.1. The smallest absolute Gasteiger partial charge is 0.306 e. The van der Waals surface area contributed by atoms with Crippen LogP contribution < -0.4 is 0 Å². The van der Waals surface area contributed by atoms with Gasteiger partial charge in [-0.15, -0.1) is 0 Å². The van der Waals surface area contributed by atoms with Crippen LogP contribution >= 0.6 is 0 Å². The van der Waals surface area contributed by atoms with Gasteiger partial charge in [-0.2, -0.15) is 0 Å². The van der Waals surface area contributed by atoms with E-state index in [2.05, 4.69) is 13.8 Å². The Bertz CT molecular complexity index is 235. The maximum absolute atomic E-state index is 11.1. The fourth-order valence-corrected chi connectivity index (χ4v) is 2.51. The van der Waals surface area contributed by atoms with Gasteiger partial charge < -0.3 is 9.84 Å². The maximum atomic E-state index is 11.1. The molecule has 0 spiro atoms. The summed E-state index contributed by atoms with van der Waals surface area (Å²) >= 11 is 0. The van der Waals surface area contributed by atoms with E-state index >= 15 is 0 Å². The summed E-state index contributed by atoms with van der Waals surface area (Å²) in [6.45, 7) is 4.12. The third-order valence-electron chi connectivity index (χ3n) is 3.90. The molecule has 1 aliphatic rings. The van der Waals surface area contributed by atoms with Gasteiger partial charge in [-0.3, -0.25) is 4.79 Å². The van der Waals surface area contributed by atoms with E-state index in [9.17, 15) is 4.79 Å². The average molecular weight is 228 g/mol. The summed E-state index contributed by atoms with van der Waals surface area (Å²) in [6, 6.07) is 0. The summed E-state index contributed by atoms with van der Waals surface area (Å²) in [5, 5.41) is 9.16. The Labute approximate surface area is 98.2 Å². The van der Waals surface area contributed by atoms with E-state index in [0.29, 0.717) is 5.92 Å². The molecule has 1 N–H and O–H groups in total. The number of aliphatic carboxylic acids is 1. The standard InChI is InChI=1S/C13H24O3/c1-13(2,16-3)9-8-10-6-4-5-7-11(10)12(14)15/h10-11H,4-9H2,1-3H3,(H,14,15). The van der Waals surface area contributed by atoms with Gasteiger partial charge in [0.15, 0.2) is 0 Å². The van der Waals surface area contributed by atoms with Crippen LogP contribution in [0.3, 0.4) is 0 Å². The van der Waals surface area contributed by atoms with Crippen molar-refractivity contribution in [1.82, 2.24) is 0 Å². The molecule has 0 saturated heterocycles. The molecule has 3 heteroatoms. The number of carbonyl (C=O) groups is 1. The zero-order valence-corrected chi connectivity index (χ0v) is 10.7. The first kappa shape index (κ1) is 13.5. The van der Waals surface area contributed by atoms with Crippen LogP contribution in [0.1, 0.15) is 52.4 Å². The van der Waals surface area contributed by atoms with Crippen LogP contribution in [0, 0.1) is 11.8 Å². The van der Waals surface area contributed by atoms with Crippen LogP contribution in [0.2, 0.25) is 0 Å². The largest absolute Gasteiger partial charge is 0.481 e. The van der Waals surface area contributed by atoms with Gasteiger partial charge in [0.25, 0.3) is 0 Å². The zero-order chi connectivity index (χ0) is 12.2. The predicted octanol–water partition coefficient (Wildman–Crippen LogP) is 3.08. The Kier molecular flexibility index (Phi) is 4.78. The molecule has 0 radical (unpaired) electrons. The minimum absolute atomic E-state index is 0.124. The van der Waals surface area contributed by atoms with E-state index in [0.717, 1.165) is 32.1 Å². The van der Waals surface area contributed by atoms with Crippen molar-refractivity contribution in [3.63, 3.8) is 0 Å². The molecule has 1 fully saturated rings. The monoisotopic (exact) mass is 228 g/mol. The topological polar surface area (TPSA) is 46.5 Å². The summed E-state index contributed by atoms with van der Waals surface area (Å²) in [6.07, 6.45) is 6.09. The SMILES string of the molecule is COC(C)(C)CCC1CCCCC1C(=O)O. The fourth-order valence-electron chi connectivity index (χ4n) is 2.51. The van der Waals surface area contributed by atoms with Gasteiger partial charge >= 0.3 is 5.97 Å². The van der Waals surface area contributed by atoms with Crippen molar-refractivity contribution in [1.29, 1.82) is 0 Å². The van der Waals surface area contributed by atoms with Crippen LogP contribution in [0.4, 0.5) is 0 Å². The molecule has 1 rings (SSSR count). The lowest BCUT2D eigenvalue weighted by Gasteiger charge is -2.31. The molecule has 0 heterocycles. The predicted molar refractivity (Wildman–Crippen MR) is 63.4 cm³/mol. The highest BCUT2D eigenvalue weighted by Gasteiger charge is 2.31. The number of carboxylic acids is 1. The first-order valence-corrected chi connectivity index (χ1v) is 6.24. The minimum atomic E-state index is -0.611. The van der Waals surface area contributed by atoms with Crippen molar-refractivity contribution in [3.8, 4) is 0 Å². The molecular formula is C13H24O3. The number of hydrogen-bond donors (Lipinski definition) is 1. The van der Waals surface area contributed by atoms with Crippen LogP contribution in [0.5, 0.6) is 0 Å². The lowest BCUT2D eigenvalue weighted by Crippen LogP contribution is -2.30. The Hall–Kier alpha value is -0.570. The first-order chi connectivity index (χ1) is 7.46. The molecule has 0 aliphatic heterocycles. The van der Waals surface area contributed by atoms with E-state index < -0.39 is 5.97 Å². The average Bonchev–Trinajstić information content (AvgIpc) is 2.27. The van der Waals surface area contributed by atoms with Crippen molar-refractivity contribution < 1.29 is 14.6 Å². The first-order valence-electron chi connectivity index (χ1n) is 6.24. The van der Waals surface area contributed by atoms with E-state index in [1.54, 1.807) is 7.11 Å². The van der Waals surface area contributed by atoms with Gasteiger partial charge in [0.05, 0.1) is 11.5 Å². The number of carboxylic acid groups (broad SMARTS) is 1. The molecule has 0 aromatic heterocycles. The van der Waals surface area contributed by atoms with E-state index in [4.69, 9.17) is 9.84 Å². The highest BCUT2D eigenvalue weighted by atomic mass is 16.5. The van der Waals surface area contributed by atoms with Crippen molar-refractivity contribution in [2.75, 3.05) is 7.11 Å². The van der Waals surface area contributed by atoms with Gasteiger partial charge in [0, 0.05) is 7.11 Å². The second kappa shape index (κ2) is 5.67. The molecule has 1 saturated carbocycles. The van der Waals surface area contributed by atoms with Crippen LogP contribution in [-0.2, 0) is 9.53 Å². The third kappa shape index (κ3) is 3.78. The van der Waals surface area contributed by atoms with Gasteiger partial charge in [0.2, 0.25) is 0 Å². The van der Waals surface area contributed by atoms with Crippen molar-refractivity contribution in [2.24, 2.45) is 11.8 Å². The number of rotatable bonds is 5. The Morgan fingerprint density at radius 1 is 1.38 bits per heavy atom. The molecule has 0 aromatic carbocycles. The number of hydrogen-bond acceptors (Lipinski definition) is 2. The van der Waals surface area contributed by atoms with E-state index in [-0.39, 0.29) is 11.5 Å². The van der Waals surface area contributed by atoms with Crippen LogP contribution in [0.25, 0.3) is 0 Å². The minimum Gasteiger partial charge on any atom is -0.481 e. The third-order valence-corrected chi connectivity index (χ3v) is 3.90. The zero-order valence-electron chi connectivity index (χ0n) is 10.7. The molecule has 0 amide bonds. The molecule has 0 bridgehead atoms. The quantitative estimate of drug-likeness (QED) is 0.786. The second-order valence-corrected chi connectivity index (χ2v) is 5.49. The maximum Gasteiger partial charge on any atom is 0.306 e. The molecular weight excluding hydrogens is 204 g/mol.